The summed E-state index contributed by atoms with van der Waals surface area (Å²) in [5.41, 5.74) is 2.28. The van der Waals surface area contributed by atoms with Gasteiger partial charge in [0.25, 0.3) is 0 Å². The van der Waals surface area contributed by atoms with E-state index in [1.54, 1.807) is 16.7 Å². The van der Waals surface area contributed by atoms with Gasteiger partial charge in [0, 0.05) is 36.6 Å². The van der Waals surface area contributed by atoms with Gasteiger partial charge in [-0.3, -0.25) is 4.79 Å². The predicted octanol–water partition coefficient (Wildman–Crippen LogP) is 3.40. The number of hydrogen-bond acceptors (Lipinski definition) is 3. The number of halogens is 1. The average molecular weight is 362 g/mol. The molecule has 0 aliphatic heterocycles. The first kappa shape index (κ1) is 17.0. The van der Waals surface area contributed by atoms with Crippen LogP contribution in [0.1, 0.15) is 5.69 Å². The number of fused-ring (bicyclic) bond motifs is 2. The van der Waals surface area contributed by atoms with Gasteiger partial charge in [0.1, 0.15) is 11.5 Å². The quantitative estimate of drug-likeness (QED) is 0.517. The summed E-state index contributed by atoms with van der Waals surface area (Å²) >= 11 is 0. The van der Waals surface area contributed by atoms with Gasteiger partial charge in [0.15, 0.2) is 0 Å². The Hall–Kier alpha value is -3.41. The van der Waals surface area contributed by atoms with Crippen molar-refractivity contribution in [2.75, 3.05) is 18.4 Å². The lowest BCUT2D eigenvalue weighted by Gasteiger charge is -2.10. The maximum absolute atomic E-state index is 13.2. The minimum absolute atomic E-state index is 0.112. The number of amides is 1. The first-order valence-electron chi connectivity index (χ1n) is 8.80. The first-order valence-corrected chi connectivity index (χ1v) is 8.80. The molecule has 0 radical (unpaired) electrons. The van der Waals surface area contributed by atoms with E-state index in [4.69, 9.17) is 0 Å². The molecule has 0 atom stereocenters. The Morgan fingerprint density at radius 3 is 2.78 bits per heavy atom. The summed E-state index contributed by atoms with van der Waals surface area (Å²) in [7, 11) is 0. The number of nitrogens with one attached hydrogen (secondary N) is 2. The minimum atomic E-state index is -0.338. The van der Waals surface area contributed by atoms with Crippen LogP contribution < -0.4 is 10.6 Å². The summed E-state index contributed by atoms with van der Waals surface area (Å²) in [4.78, 5) is 16.4. The van der Waals surface area contributed by atoms with E-state index < -0.39 is 0 Å². The molecule has 6 heteroatoms. The number of benzene rings is 2. The van der Waals surface area contributed by atoms with Crippen molar-refractivity contribution in [2.45, 2.75) is 6.42 Å². The van der Waals surface area contributed by atoms with Crippen LogP contribution >= 0.6 is 0 Å². The number of carbonyl (C=O) groups excluding carboxylic acids is 1. The fourth-order valence-electron chi connectivity index (χ4n) is 3.11. The number of aromatic nitrogens is 2. The van der Waals surface area contributed by atoms with Crippen molar-refractivity contribution in [2.24, 2.45) is 0 Å². The molecule has 136 valence electrons. The van der Waals surface area contributed by atoms with Crippen molar-refractivity contribution in [3.8, 4) is 0 Å². The molecule has 2 aromatic carbocycles. The van der Waals surface area contributed by atoms with E-state index in [9.17, 15) is 9.18 Å². The highest BCUT2D eigenvalue weighted by molar-refractivity contribution is 5.93. The number of nitrogens with zero attached hydrogens (tertiary/aromatic N) is 2. The first-order chi connectivity index (χ1) is 13.2. The highest BCUT2D eigenvalue weighted by Gasteiger charge is 2.08. The molecular weight excluding hydrogens is 343 g/mol. The number of hydrogen-bond donors (Lipinski definition) is 2. The van der Waals surface area contributed by atoms with Crippen LogP contribution in [0.2, 0.25) is 0 Å². The van der Waals surface area contributed by atoms with E-state index in [-0.39, 0.29) is 18.1 Å². The van der Waals surface area contributed by atoms with Crippen molar-refractivity contribution in [3.63, 3.8) is 0 Å². The molecular formula is C21H19FN4O. The fraction of sp³-hybridized carbons (Fsp3) is 0.143. The lowest BCUT2D eigenvalue weighted by molar-refractivity contribution is -0.120. The summed E-state index contributed by atoms with van der Waals surface area (Å²) in [6.45, 7) is 1.13. The van der Waals surface area contributed by atoms with Crippen LogP contribution in [0.4, 0.5) is 10.1 Å². The fourth-order valence-corrected chi connectivity index (χ4v) is 3.11. The summed E-state index contributed by atoms with van der Waals surface area (Å²) in [5.74, 6) is -0.450. The van der Waals surface area contributed by atoms with Gasteiger partial charge in [0.2, 0.25) is 5.91 Å². The van der Waals surface area contributed by atoms with Gasteiger partial charge in [-0.15, -0.1) is 0 Å². The van der Waals surface area contributed by atoms with E-state index in [2.05, 4.69) is 33.8 Å². The number of rotatable bonds is 6. The highest BCUT2D eigenvalue weighted by atomic mass is 19.1. The number of imidazole rings is 1. The minimum Gasteiger partial charge on any atom is -0.383 e. The number of anilines is 1. The molecule has 2 N–H and O–H groups in total. The van der Waals surface area contributed by atoms with Gasteiger partial charge < -0.3 is 15.0 Å². The topological polar surface area (TPSA) is 58.4 Å². The maximum Gasteiger partial charge on any atom is 0.226 e. The van der Waals surface area contributed by atoms with Gasteiger partial charge >= 0.3 is 0 Å². The zero-order valence-corrected chi connectivity index (χ0v) is 14.7. The monoisotopic (exact) mass is 362 g/mol. The van der Waals surface area contributed by atoms with Crippen molar-refractivity contribution in [3.05, 3.63) is 78.5 Å². The second-order valence-corrected chi connectivity index (χ2v) is 6.33. The smallest absolute Gasteiger partial charge is 0.226 e. The maximum atomic E-state index is 13.2. The Morgan fingerprint density at radius 1 is 1.00 bits per heavy atom. The van der Waals surface area contributed by atoms with Crippen LogP contribution in [-0.2, 0) is 11.2 Å². The summed E-state index contributed by atoms with van der Waals surface area (Å²) in [6.07, 6.45) is 3.18. The molecule has 4 aromatic rings. The highest BCUT2D eigenvalue weighted by Crippen LogP contribution is 2.22. The van der Waals surface area contributed by atoms with E-state index in [1.165, 1.54) is 17.6 Å². The lowest BCUT2D eigenvalue weighted by atomic mass is 10.1. The molecule has 0 fully saturated rings. The van der Waals surface area contributed by atoms with E-state index in [1.807, 2.05) is 24.3 Å². The Labute approximate surface area is 155 Å². The molecule has 0 saturated carbocycles. The zero-order valence-electron chi connectivity index (χ0n) is 14.7. The Kier molecular flexibility index (Phi) is 4.70. The van der Waals surface area contributed by atoms with Crippen LogP contribution in [0.3, 0.4) is 0 Å². The largest absolute Gasteiger partial charge is 0.383 e. The van der Waals surface area contributed by atoms with Gasteiger partial charge in [-0.2, -0.15) is 0 Å². The van der Waals surface area contributed by atoms with Crippen molar-refractivity contribution in [1.29, 1.82) is 0 Å². The van der Waals surface area contributed by atoms with Crippen LogP contribution in [0.5, 0.6) is 0 Å². The predicted molar refractivity (Wildman–Crippen MR) is 104 cm³/mol. The van der Waals surface area contributed by atoms with Crippen molar-refractivity contribution in [1.82, 2.24) is 14.7 Å². The average Bonchev–Trinajstić information content (AvgIpc) is 3.06. The van der Waals surface area contributed by atoms with Crippen LogP contribution in [-0.4, -0.2) is 28.4 Å². The molecule has 0 saturated heterocycles. The molecule has 27 heavy (non-hydrogen) atoms. The molecule has 0 bridgehead atoms. The zero-order chi connectivity index (χ0) is 18.6. The summed E-state index contributed by atoms with van der Waals surface area (Å²) in [6, 6.07) is 17.2. The van der Waals surface area contributed by atoms with Gasteiger partial charge in [-0.1, -0.05) is 36.4 Å². The summed E-state index contributed by atoms with van der Waals surface area (Å²) in [5, 5.41) is 8.57. The molecule has 2 aromatic heterocycles. The van der Waals surface area contributed by atoms with Crippen LogP contribution in [0.25, 0.3) is 16.4 Å². The van der Waals surface area contributed by atoms with Crippen LogP contribution in [0, 0.1) is 5.82 Å². The Balaban J connectivity index is 1.30. The normalized spacial score (nSPS) is 11.0. The van der Waals surface area contributed by atoms with Gasteiger partial charge in [-0.25, -0.2) is 9.37 Å². The third-order valence-corrected chi connectivity index (χ3v) is 4.36. The second-order valence-electron chi connectivity index (χ2n) is 6.33. The van der Waals surface area contributed by atoms with E-state index in [0.717, 1.165) is 11.1 Å². The summed E-state index contributed by atoms with van der Waals surface area (Å²) < 4.78 is 14.8. The second kappa shape index (κ2) is 7.45. The van der Waals surface area contributed by atoms with E-state index in [0.29, 0.717) is 24.4 Å². The molecule has 2 heterocycles. The molecule has 0 spiro atoms. The van der Waals surface area contributed by atoms with E-state index >= 15 is 0 Å². The third-order valence-electron chi connectivity index (χ3n) is 4.36. The standard InChI is InChI=1S/C21H19FN4O/c22-16-8-9-20-25-17(14-26(20)13-16)12-21(27)24-11-10-23-19-7-3-5-15-4-1-2-6-18(15)19/h1-9,13-14,23H,10-12H2,(H,24,27). The van der Waals surface area contributed by atoms with Crippen molar-refractivity contribution >= 4 is 28.0 Å². The lowest BCUT2D eigenvalue weighted by Crippen LogP contribution is -2.30. The molecule has 4 rings (SSSR count). The van der Waals surface area contributed by atoms with Gasteiger partial charge in [-0.05, 0) is 23.6 Å². The molecule has 0 unspecified atom stereocenters. The third kappa shape index (κ3) is 3.89. The number of carbonyl (C=O) groups is 1. The molecule has 0 aliphatic carbocycles. The van der Waals surface area contributed by atoms with Crippen LogP contribution in [0.15, 0.2) is 67.0 Å². The molecule has 1 amide bonds. The molecule has 0 aliphatic rings. The SMILES string of the molecule is O=C(Cc1cn2cc(F)ccc2n1)NCCNc1cccc2ccccc12. The molecule has 5 nitrogen and oxygen atoms in total. The number of pyridine rings is 1. The Morgan fingerprint density at radius 2 is 1.85 bits per heavy atom. The van der Waals surface area contributed by atoms with Gasteiger partial charge in [0.05, 0.1) is 12.1 Å². The van der Waals surface area contributed by atoms with Crippen molar-refractivity contribution < 1.29 is 9.18 Å². The Bertz CT molecular complexity index is 1100.